The van der Waals surface area contributed by atoms with Crippen molar-refractivity contribution < 1.29 is 9.59 Å². The molecule has 5 heteroatoms. The van der Waals surface area contributed by atoms with Crippen LogP contribution in [0.4, 0.5) is 0 Å². The van der Waals surface area contributed by atoms with Gasteiger partial charge in [-0.3, -0.25) is 14.5 Å². The van der Waals surface area contributed by atoms with Gasteiger partial charge in [-0.15, -0.1) is 0 Å². The first-order valence-electron chi connectivity index (χ1n) is 11.4. The van der Waals surface area contributed by atoms with Crippen LogP contribution in [0, 0.1) is 5.92 Å². The molecule has 2 aromatic rings. The van der Waals surface area contributed by atoms with Crippen molar-refractivity contribution in [3.05, 3.63) is 71.3 Å². The molecule has 2 heterocycles. The summed E-state index contributed by atoms with van der Waals surface area (Å²) >= 11 is 0. The van der Waals surface area contributed by atoms with Gasteiger partial charge < -0.3 is 10.2 Å². The fourth-order valence-corrected chi connectivity index (χ4v) is 4.74. The van der Waals surface area contributed by atoms with Crippen molar-refractivity contribution in [3.63, 3.8) is 0 Å². The zero-order valence-electron chi connectivity index (χ0n) is 18.6. The minimum atomic E-state index is -0.0136. The summed E-state index contributed by atoms with van der Waals surface area (Å²) in [6, 6.07) is 19.1. The quantitative estimate of drug-likeness (QED) is 0.808. The lowest BCUT2D eigenvalue weighted by atomic mass is 9.84. The molecule has 0 saturated carbocycles. The molecule has 1 N–H and O–H groups in total. The minimum absolute atomic E-state index is 0.0136. The normalized spacial score (nSPS) is 21.6. The van der Waals surface area contributed by atoms with Gasteiger partial charge in [0, 0.05) is 37.5 Å². The van der Waals surface area contributed by atoms with E-state index in [0.29, 0.717) is 19.6 Å². The zero-order chi connectivity index (χ0) is 21.8. The molecule has 5 nitrogen and oxygen atoms in total. The number of rotatable bonds is 5. The first kappa shape index (κ1) is 21.6. The number of hydrogen-bond acceptors (Lipinski definition) is 3. The lowest BCUT2D eigenvalue weighted by Crippen LogP contribution is -2.51. The van der Waals surface area contributed by atoms with E-state index in [1.54, 1.807) is 0 Å². The molecule has 164 valence electrons. The maximum Gasteiger partial charge on any atom is 0.237 e. The van der Waals surface area contributed by atoms with Crippen molar-refractivity contribution >= 4 is 11.8 Å². The second-order valence-corrected chi connectivity index (χ2v) is 9.17. The molecule has 2 aromatic carbocycles. The number of piperidine rings is 1. The van der Waals surface area contributed by atoms with Gasteiger partial charge >= 0.3 is 0 Å². The van der Waals surface area contributed by atoms with E-state index in [-0.39, 0.29) is 29.7 Å². The van der Waals surface area contributed by atoms with Crippen LogP contribution in [0.1, 0.15) is 49.3 Å². The van der Waals surface area contributed by atoms with Crippen molar-refractivity contribution in [2.45, 2.75) is 45.2 Å². The Morgan fingerprint density at radius 1 is 1.03 bits per heavy atom. The summed E-state index contributed by atoms with van der Waals surface area (Å²) in [5.41, 5.74) is 3.81. The number of amides is 2. The number of fused-ring (bicyclic) bond motifs is 1. The van der Waals surface area contributed by atoms with Gasteiger partial charge in [0.25, 0.3) is 0 Å². The third-order valence-corrected chi connectivity index (χ3v) is 6.48. The van der Waals surface area contributed by atoms with Crippen LogP contribution in [0.5, 0.6) is 0 Å². The lowest BCUT2D eigenvalue weighted by Gasteiger charge is -2.38. The number of nitrogens with zero attached hydrogens (tertiary/aromatic N) is 2. The van der Waals surface area contributed by atoms with Crippen LogP contribution in [-0.4, -0.2) is 53.8 Å². The highest BCUT2D eigenvalue weighted by atomic mass is 16.2. The fourth-order valence-electron chi connectivity index (χ4n) is 4.74. The number of hydrogen-bond donors (Lipinski definition) is 1. The maximum absolute atomic E-state index is 13.3. The third kappa shape index (κ3) is 5.16. The van der Waals surface area contributed by atoms with Crippen molar-refractivity contribution in [2.75, 3.05) is 26.2 Å². The van der Waals surface area contributed by atoms with Crippen LogP contribution < -0.4 is 5.32 Å². The number of carbonyl (C=O) groups excluding carboxylic acids is 2. The zero-order valence-corrected chi connectivity index (χ0v) is 18.6. The monoisotopic (exact) mass is 419 g/mol. The molecule has 2 unspecified atom stereocenters. The number of benzene rings is 2. The Kier molecular flexibility index (Phi) is 6.71. The van der Waals surface area contributed by atoms with E-state index < -0.39 is 0 Å². The minimum Gasteiger partial charge on any atom is -0.352 e. The van der Waals surface area contributed by atoms with Crippen LogP contribution in [0.3, 0.4) is 0 Å². The average Bonchev–Trinajstić information content (AvgIpc) is 2.79. The Morgan fingerprint density at radius 2 is 1.77 bits per heavy atom. The summed E-state index contributed by atoms with van der Waals surface area (Å²) < 4.78 is 0. The van der Waals surface area contributed by atoms with Crippen molar-refractivity contribution in [1.82, 2.24) is 15.1 Å². The van der Waals surface area contributed by atoms with Gasteiger partial charge in [-0.1, -0.05) is 68.4 Å². The SMILES string of the molecule is CC(C)C(=O)NC1CCCN(CC(=O)N2Cc3ccccc3C(c3ccccc3)C2)C1. The van der Waals surface area contributed by atoms with Crippen LogP contribution in [0.25, 0.3) is 0 Å². The standard InChI is InChI=1S/C26H33N3O2/c1-19(2)26(31)27-22-12-8-14-28(16-22)18-25(30)29-15-21-11-6-7-13-23(21)24(17-29)20-9-4-3-5-10-20/h3-7,9-11,13,19,22,24H,8,12,14-18H2,1-2H3,(H,27,31). The summed E-state index contributed by atoms with van der Waals surface area (Å²) in [5, 5.41) is 3.14. The van der Waals surface area contributed by atoms with Gasteiger partial charge in [-0.05, 0) is 36.1 Å². The molecular formula is C26H33N3O2. The summed E-state index contributed by atoms with van der Waals surface area (Å²) in [7, 11) is 0. The molecule has 0 spiro atoms. The molecular weight excluding hydrogens is 386 g/mol. The Morgan fingerprint density at radius 3 is 2.55 bits per heavy atom. The molecule has 4 rings (SSSR count). The molecule has 31 heavy (non-hydrogen) atoms. The third-order valence-electron chi connectivity index (χ3n) is 6.48. The Bertz CT molecular complexity index is 912. The Balaban J connectivity index is 1.43. The Hall–Kier alpha value is -2.66. The maximum atomic E-state index is 13.3. The van der Waals surface area contributed by atoms with Crippen molar-refractivity contribution in [2.24, 2.45) is 5.92 Å². The second-order valence-electron chi connectivity index (χ2n) is 9.17. The molecule has 0 radical (unpaired) electrons. The van der Waals surface area contributed by atoms with Crippen molar-refractivity contribution in [3.8, 4) is 0 Å². The van der Waals surface area contributed by atoms with Gasteiger partial charge in [0.2, 0.25) is 11.8 Å². The van der Waals surface area contributed by atoms with E-state index >= 15 is 0 Å². The molecule has 2 aliphatic rings. The highest BCUT2D eigenvalue weighted by molar-refractivity contribution is 5.79. The molecule has 0 aliphatic carbocycles. The van der Waals surface area contributed by atoms with Crippen LogP contribution in [0.2, 0.25) is 0 Å². The highest BCUT2D eigenvalue weighted by Gasteiger charge is 2.31. The summed E-state index contributed by atoms with van der Waals surface area (Å²) in [4.78, 5) is 29.6. The lowest BCUT2D eigenvalue weighted by molar-refractivity contribution is -0.134. The molecule has 2 aliphatic heterocycles. The summed E-state index contributed by atoms with van der Waals surface area (Å²) in [6.45, 7) is 7.27. The molecule has 1 saturated heterocycles. The predicted octanol–water partition coefficient (Wildman–Crippen LogP) is 3.40. The van der Waals surface area contributed by atoms with Gasteiger partial charge in [-0.2, -0.15) is 0 Å². The van der Waals surface area contributed by atoms with E-state index in [4.69, 9.17) is 0 Å². The largest absolute Gasteiger partial charge is 0.352 e. The van der Waals surface area contributed by atoms with Gasteiger partial charge in [0.15, 0.2) is 0 Å². The van der Waals surface area contributed by atoms with E-state index in [0.717, 1.165) is 25.9 Å². The smallest absolute Gasteiger partial charge is 0.237 e. The van der Waals surface area contributed by atoms with E-state index in [1.165, 1.54) is 16.7 Å². The number of carbonyl (C=O) groups is 2. The molecule has 2 amide bonds. The topological polar surface area (TPSA) is 52.7 Å². The van der Waals surface area contributed by atoms with Crippen molar-refractivity contribution in [1.29, 1.82) is 0 Å². The second kappa shape index (κ2) is 9.65. The molecule has 2 atom stereocenters. The molecule has 0 aromatic heterocycles. The Labute approximate surface area is 185 Å². The van der Waals surface area contributed by atoms with Gasteiger partial charge in [0.05, 0.1) is 6.54 Å². The first-order chi connectivity index (χ1) is 15.0. The fraction of sp³-hybridized carbons (Fsp3) is 0.462. The van der Waals surface area contributed by atoms with E-state index in [1.807, 2.05) is 24.8 Å². The van der Waals surface area contributed by atoms with Crippen LogP contribution in [-0.2, 0) is 16.1 Å². The number of nitrogens with one attached hydrogen (secondary N) is 1. The summed E-state index contributed by atoms with van der Waals surface area (Å²) in [6.07, 6.45) is 1.99. The van der Waals surface area contributed by atoms with Gasteiger partial charge in [-0.25, -0.2) is 0 Å². The highest BCUT2D eigenvalue weighted by Crippen LogP contribution is 2.33. The van der Waals surface area contributed by atoms with Crippen LogP contribution in [0.15, 0.2) is 54.6 Å². The summed E-state index contributed by atoms with van der Waals surface area (Å²) in [5.74, 6) is 0.456. The molecule has 1 fully saturated rings. The van der Waals surface area contributed by atoms with E-state index in [2.05, 4.69) is 58.7 Å². The predicted molar refractivity (Wildman–Crippen MR) is 123 cm³/mol. The number of likely N-dealkylation sites (tertiary alicyclic amines) is 1. The van der Waals surface area contributed by atoms with Gasteiger partial charge in [0.1, 0.15) is 0 Å². The molecule has 0 bridgehead atoms. The van der Waals surface area contributed by atoms with E-state index in [9.17, 15) is 9.59 Å². The van der Waals surface area contributed by atoms with Crippen LogP contribution >= 0.6 is 0 Å². The first-order valence-corrected chi connectivity index (χ1v) is 11.4. The average molecular weight is 420 g/mol.